The van der Waals surface area contributed by atoms with Gasteiger partial charge in [-0.15, -0.1) is 0 Å². The Labute approximate surface area is 186 Å². The van der Waals surface area contributed by atoms with Gasteiger partial charge in [-0.05, 0) is 30.4 Å². The summed E-state index contributed by atoms with van der Waals surface area (Å²) in [6, 6.07) is 21.0. The molecular weight excluding hydrogens is 386 g/mol. The number of rotatable bonds is 7. The normalized spacial score (nSPS) is 24.4. The highest BCUT2D eigenvalue weighted by atomic mass is 16.5. The van der Waals surface area contributed by atoms with E-state index in [-0.39, 0.29) is 6.10 Å². The van der Waals surface area contributed by atoms with Crippen molar-refractivity contribution in [2.45, 2.75) is 32.0 Å². The molecule has 166 valence electrons. The molecule has 2 aromatic carbocycles. The van der Waals surface area contributed by atoms with Gasteiger partial charge in [0, 0.05) is 45.1 Å². The molecule has 2 heterocycles. The SMILES string of the molecule is CN=C(NCC1CCCOC1c1ccccc1)N1CCC(COCc2ccccc2)C1. The molecule has 31 heavy (non-hydrogen) atoms. The van der Waals surface area contributed by atoms with E-state index in [1.54, 1.807) is 0 Å². The van der Waals surface area contributed by atoms with Gasteiger partial charge in [-0.1, -0.05) is 60.7 Å². The second-order valence-electron chi connectivity index (χ2n) is 8.63. The van der Waals surface area contributed by atoms with E-state index in [0.29, 0.717) is 18.4 Å². The molecule has 3 unspecified atom stereocenters. The lowest BCUT2D eigenvalue weighted by atomic mass is 9.89. The van der Waals surface area contributed by atoms with Gasteiger partial charge in [-0.3, -0.25) is 4.99 Å². The van der Waals surface area contributed by atoms with Gasteiger partial charge in [0.15, 0.2) is 5.96 Å². The number of nitrogens with one attached hydrogen (secondary N) is 1. The molecular formula is C26H35N3O2. The van der Waals surface area contributed by atoms with Gasteiger partial charge in [-0.25, -0.2) is 0 Å². The largest absolute Gasteiger partial charge is 0.376 e. The Morgan fingerprint density at radius 2 is 1.87 bits per heavy atom. The van der Waals surface area contributed by atoms with Crippen LogP contribution in [-0.2, 0) is 16.1 Å². The molecule has 0 amide bonds. The van der Waals surface area contributed by atoms with Crippen LogP contribution < -0.4 is 5.32 Å². The summed E-state index contributed by atoms with van der Waals surface area (Å²) in [6.07, 6.45) is 3.62. The highest BCUT2D eigenvalue weighted by molar-refractivity contribution is 5.80. The van der Waals surface area contributed by atoms with Crippen molar-refractivity contribution in [1.29, 1.82) is 0 Å². The predicted octanol–water partition coefficient (Wildman–Crippen LogP) is 4.27. The van der Waals surface area contributed by atoms with E-state index in [1.807, 2.05) is 13.1 Å². The highest BCUT2D eigenvalue weighted by Crippen LogP contribution is 2.33. The van der Waals surface area contributed by atoms with Crippen molar-refractivity contribution >= 4 is 5.96 Å². The molecule has 1 N–H and O–H groups in total. The van der Waals surface area contributed by atoms with Crippen molar-refractivity contribution < 1.29 is 9.47 Å². The van der Waals surface area contributed by atoms with Crippen LogP contribution in [0.3, 0.4) is 0 Å². The third-order valence-corrected chi connectivity index (χ3v) is 6.36. The van der Waals surface area contributed by atoms with Gasteiger partial charge in [0.1, 0.15) is 0 Å². The van der Waals surface area contributed by atoms with Crippen LogP contribution in [0.2, 0.25) is 0 Å². The van der Waals surface area contributed by atoms with E-state index in [0.717, 1.165) is 51.6 Å². The lowest BCUT2D eigenvalue weighted by Gasteiger charge is -2.33. The minimum Gasteiger partial charge on any atom is -0.376 e. The van der Waals surface area contributed by atoms with Crippen LogP contribution in [0.1, 0.15) is 36.5 Å². The molecule has 5 heteroatoms. The molecule has 4 rings (SSSR count). The molecule has 2 saturated heterocycles. The van der Waals surface area contributed by atoms with Crippen molar-refractivity contribution in [2.75, 3.05) is 39.9 Å². The Morgan fingerprint density at radius 3 is 2.65 bits per heavy atom. The molecule has 2 aliphatic heterocycles. The molecule has 2 aromatic rings. The number of likely N-dealkylation sites (tertiary alicyclic amines) is 1. The molecule has 0 bridgehead atoms. The minimum atomic E-state index is 0.165. The average Bonchev–Trinajstić information content (AvgIpc) is 3.30. The Balaban J connectivity index is 1.24. The molecule has 3 atom stereocenters. The van der Waals surface area contributed by atoms with E-state index < -0.39 is 0 Å². The summed E-state index contributed by atoms with van der Waals surface area (Å²) in [6.45, 7) is 5.25. The topological polar surface area (TPSA) is 46.1 Å². The summed E-state index contributed by atoms with van der Waals surface area (Å²) in [5.41, 5.74) is 2.51. The number of ether oxygens (including phenoxy) is 2. The van der Waals surface area contributed by atoms with Crippen LogP contribution in [0.4, 0.5) is 0 Å². The summed E-state index contributed by atoms with van der Waals surface area (Å²) in [5.74, 6) is 2.01. The molecule has 0 aromatic heterocycles. The van der Waals surface area contributed by atoms with E-state index in [4.69, 9.17) is 9.47 Å². The summed E-state index contributed by atoms with van der Waals surface area (Å²) in [5, 5.41) is 3.64. The number of nitrogens with zero attached hydrogens (tertiary/aromatic N) is 2. The summed E-state index contributed by atoms with van der Waals surface area (Å²) < 4.78 is 12.1. The van der Waals surface area contributed by atoms with E-state index in [1.165, 1.54) is 17.5 Å². The predicted molar refractivity (Wildman–Crippen MR) is 125 cm³/mol. The van der Waals surface area contributed by atoms with Crippen LogP contribution >= 0.6 is 0 Å². The minimum absolute atomic E-state index is 0.165. The van der Waals surface area contributed by atoms with Gasteiger partial charge >= 0.3 is 0 Å². The van der Waals surface area contributed by atoms with Crippen LogP contribution in [0, 0.1) is 11.8 Å². The van der Waals surface area contributed by atoms with Crippen LogP contribution in [0.25, 0.3) is 0 Å². The fraction of sp³-hybridized carbons (Fsp3) is 0.500. The first kappa shape index (κ1) is 21.8. The molecule has 0 saturated carbocycles. The number of hydrogen-bond acceptors (Lipinski definition) is 3. The van der Waals surface area contributed by atoms with E-state index >= 15 is 0 Å². The number of benzene rings is 2. The molecule has 5 nitrogen and oxygen atoms in total. The maximum atomic E-state index is 6.16. The second kappa shape index (κ2) is 11.3. The fourth-order valence-electron chi connectivity index (χ4n) is 4.70. The molecule has 2 fully saturated rings. The van der Waals surface area contributed by atoms with Crippen molar-refractivity contribution in [3.63, 3.8) is 0 Å². The molecule has 0 spiro atoms. The third kappa shape index (κ3) is 6.08. The highest BCUT2D eigenvalue weighted by Gasteiger charge is 2.29. The Hall–Kier alpha value is -2.37. The van der Waals surface area contributed by atoms with Gasteiger partial charge < -0.3 is 19.7 Å². The van der Waals surface area contributed by atoms with Gasteiger partial charge in [-0.2, -0.15) is 0 Å². The van der Waals surface area contributed by atoms with Crippen molar-refractivity contribution in [1.82, 2.24) is 10.2 Å². The zero-order valence-electron chi connectivity index (χ0n) is 18.6. The van der Waals surface area contributed by atoms with Crippen LogP contribution in [0.15, 0.2) is 65.7 Å². The second-order valence-corrected chi connectivity index (χ2v) is 8.63. The maximum Gasteiger partial charge on any atom is 0.193 e. The molecule has 0 aliphatic carbocycles. The Kier molecular flexibility index (Phi) is 7.97. The number of guanidine groups is 1. The fourth-order valence-corrected chi connectivity index (χ4v) is 4.70. The lowest BCUT2D eigenvalue weighted by Crippen LogP contribution is -2.43. The van der Waals surface area contributed by atoms with E-state index in [2.05, 4.69) is 69.8 Å². The monoisotopic (exact) mass is 421 g/mol. The number of hydrogen-bond donors (Lipinski definition) is 1. The standard InChI is InChI=1S/C26H35N3O2/c1-27-26(28-17-24-13-8-16-31-25(24)23-11-6-3-7-12-23)29-15-14-22(18-29)20-30-19-21-9-4-2-5-10-21/h2-7,9-12,22,24-25H,8,13-20H2,1H3,(H,27,28). The maximum absolute atomic E-state index is 6.16. The smallest absolute Gasteiger partial charge is 0.193 e. The van der Waals surface area contributed by atoms with Crippen molar-refractivity contribution in [3.8, 4) is 0 Å². The van der Waals surface area contributed by atoms with E-state index in [9.17, 15) is 0 Å². The zero-order valence-corrected chi connectivity index (χ0v) is 18.6. The third-order valence-electron chi connectivity index (χ3n) is 6.36. The van der Waals surface area contributed by atoms with Crippen LogP contribution in [0.5, 0.6) is 0 Å². The lowest BCUT2D eigenvalue weighted by molar-refractivity contribution is -0.0266. The summed E-state index contributed by atoms with van der Waals surface area (Å²) in [7, 11) is 1.88. The van der Waals surface area contributed by atoms with Gasteiger partial charge in [0.05, 0.1) is 19.3 Å². The van der Waals surface area contributed by atoms with Crippen molar-refractivity contribution in [2.24, 2.45) is 16.8 Å². The van der Waals surface area contributed by atoms with Gasteiger partial charge in [0.25, 0.3) is 0 Å². The average molecular weight is 422 g/mol. The summed E-state index contributed by atoms with van der Waals surface area (Å²) >= 11 is 0. The van der Waals surface area contributed by atoms with Crippen molar-refractivity contribution in [3.05, 3.63) is 71.8 Å². The number of aliphatic imine (C=N–C) groups is 1. The zero-order chi connectivity index (χ0) is 21.3. The molecule has 2 aliphatic rings. The summed E-state index contributed by atoms with van der Waals surface area (Å²) in [4.78, 5) is 6.94. The van der Waals surface area contributed by atoms with Crippen LogP contribution in [-0.4, -0.2) is 50.8 Å². The molecule has 0 radical (unpaired) electrons. The van der Waals surface area contributed by atoms with Gasteiger partial charge in [0.2, 0.25) is 0 Å². The first-order valence-corrected chi connectivity index (χ1v) is 11.6. The Bertz CT molecular complexity index is 812. The Morgan fingerprint density at radius 1 is 1.10 bits per heavy atom. The first-order chi connectivity index (χ1) is 15.3. The quantitative estimate of drug-likeness (QED) is 0.536. The first-order valence-electron chi connectivity index (χ1n) is 11.6.